The highest BCUT2D eigenvalue weighted by Crippen LogP contribution is 2.19. The van der Waals surface area contributed by atoms with Crippen LogP contribution < -0.4 is 0 Å². The lowest BCUT2D eigenvalue weighted by atomic mass is 10.2. The monoisotopic (exact) mass is 381 g/mol. The summed E-state index contributed by atoms with van der Waals surface area (Å²) in [6.45, 7) is 0.604. The van der Waals surface area contributed by atoms with E-state index in [1.54, 1.807) is 28.8 Å². The van der Waals surface area contributed by atoms with Gasteiger partial charge in [-0.05, 0) is 42.0 Å². The lowest BCUT2D eigenvalue weighted by Gasteiger charge is -2.17. The molecular weight excluding hydrogens is 365 g/mol. The van der Waals surface area contributed by atoms with Crippen LogP contribution >= 0.6 is 27.7 Å². The van der Waals surface area contributed by atoms with Gasteiger partial charge in [-0.25, -0.2) is 4.39 Å². The predicted octanol–water partition coefficient (Wildman–Crippen LogP) is 4.73. The maximum Gasteiger partial charge on any atom is 0.223 e. The Morgan fingerprint density at radius 2 is 1.77 bits per heavy atom. The van der Waals surface area contributed by atoms with E-state index in [0.29, 0.717) is 18.7 Å². The number of hydrogen-bond acceptors (Lipinski definition) is 2. The summed E-state index contributed by atoms with van der Waals surface area (Å²) in [6, 6.07) is 14.3. The molecule has 0 unspecified atom stereocenters. The first kappa shape index (κ1) is 17.0. The zero-order valence-electron chi connectivity index (χ0n) is 12.3. The number of benzene rings is 2. The second-order valence-corrected chi connectivity index (χ2v) is 7.01. The molecule has 0 N–H and O–H groups in total. The van der Waals surface area contributed by atoms with Crippen molar-refractivity contribution in [2.24, 2.45) is 0 Å². The van der Waals surface area contributed by atoms with E-state index < -0.39 is 0 Å². The molecule has 5 heteroatoms. The van der Waals surface area contributed by atoms with E-state index in [1.165, 1.54) is 12.1 Å². The van der Waals surface area contributed by atoms with Gasteiger partial charge in [0.25, 0.3) is 0 Å². The lowest BCUT2D eigenvalue weighted by molar-refractivity contribution is -0.129. The molecule has 0 saturated heterocycles. The maximum absolute atomic E-state index is 12.8. The SMILES string of the molecule is CN(Cc1ccc(Br)cc1)C(=O)CCSc1ccc(F)cc1. The van der Waals surface area contributed by atoms with Crippen LogP contribution in [0.15, 0.2) is 57.9 Å². The Kier molecular flexibility index (Phi) is 6.46. The number of hydrogen-bond donors (Lipinski definition) is 0. The van der Waals surface area contributed by atoms with Crippen LogP contribution in [0.1, 0.15) is 12.0 Å². The summed E-state index contributed by atoms with van der Waals surface area (Å²) >= 11 is 4.96. The van der Waals surface area contributed by atoms with Crippen LogP contribution in [0.25, 0.3) is 0 Å². The minimum Gasteiger partial charge on any atom is -0.341 e. The molecule has 0 saturated carbocycles. The highest BCUT2D eigenvalue weighted by atomic mass is 79.9. The van der Waals surface area contributed by atoms with E-state index >= 15 is 0 Å². The molecular formula is C17H17BrFNOS. The average molecular weight is 382 g/mol. The van der Waals surface area contributed by atoms with E-state index in [4.69, 9.17) is 0 Å². The highest BCUT2D eigenvalue weighted by Gasteiger charge is 2.09. The van der Waals surface area contributed by atoms with Crippen molar-refractivity contribution in [3.05, 3.63) is 64.4 Å². The molecule has 0 aliphatic rings. The molecule has 2 aromatic carbocycles. The molecule has 0 bridgehead atoms. The minimum absolute atomic E-state index is 0.109. The Hall–Kier alpha value is -1.33. The Balaban J connectivity index is 1.76. The number of rotatable bonds is 6. The first-order valence-electron chi connectivity index (χ1n) is 6.91. The Morgan fingerprint density at radius 1 is 1.14 bits per heavy atom. The molecule has 1 amide bonds. The largest absolute Gasteiger partial charge is 0.341 e. The van der Waals surface area contributed by atoms with Gasteiger partial charge >= 0.3 is 0 Å². The van der Waals surface area contributed by atoms with Gasteiger partial charge in [0.1, 0.15) is 5.82 Å². The van der Waals surface area contributed by atoms with Gasteiger partial charge in [0.15, 0.2) is 0 Å². The van der Waals surface area contributed by atoms with Crippen molar-refractivity contribution in [1.29, 1.82) is 0 Å². The van der Waals surface area contributed by atoms with Gasteiger partial charge in [-0.3, -0.25) is 4.79 Å². The number of thioether (sulfide) groups is 1. The normalized spacial score (nSPS) is 10.5. The molecule has 0 aliphatic heterocycles. The third kappa shape index (κ3) is 5.46. The first-order chi connectivity index (χ1) is 10.5. The van der Waals surface area contributed by atoms with E-state index in [9.17, 15) is 9.18 Å². The molecule has 2 nitrogen and oxygen atoms in total. The molecule has 0 spiro atoms. The van der Waals surface area contributed by atoms with E-state index in [2.05, 4.69) is 15.9 Å². The van der Waals surface area contributed by atoms with Gasteiger partial charge in [-0.1, -0.05) is 28.1 Å². The van der Waals surface area contributed by atoms with Crippen LogP contribution in [0.2, 0.25) is 0 Å². The van der Waals surface area contributed by atoms with Gasteiger partial charge in [-0.15, -0.1) is 11.8 Å². The molecule has 2 rings (SSSR count). The second kappa shape index (κ2) is 8.34. The van der Waals surface area contributed by atoms with Crippen LogP contribution in [-0.2, 0) is 11.3 Å². The average Bonchev–Trinajstić information content (AvgIpc) is 2.51. The topological polar surface area (TPSA) is 20.3 Å². The van der Waals surface area contributed by atoms with Crippen LogP contribution in [-0.4, -0.2) is 23.6 Å². The summed E-state index contributed by atoms with van der Waals surface area (Å²) in [6.07, 6.45) is 0.467. The van der Waals surface area contributed by atoms with Crippen molar-refractivity contribution >= 4 is 33.6 Å². The summed E-state index contributed by atoms with van der Waals surface area (Å²) in [4.78, 5) is 14.8. The number of amides is 1. The van der Waals surface area contributed by atoms with E-state index in [-0.39, 0.29) is 11.7 Å². The van der Waals surface area contributed by atoms with Gasteiger partial charge in [-0.2, -0.15) is 0 Å². The number of carbonyl (C=O) groups is 1. The molecule has 2 aromatic rings. The Bertz CT molecular complexity index is 616. The molecule has 0 atom stereocenters. The smallest absolute Gasteiger partial charge is 0.223 e. The lowest BCUT2D eigenvalue weighted by Crippen LogP contribution is -2.26. The fourth-order valence-electron chi connectivity index (χ4n) is 1.93. The molecule has 22 heavy (non-hydrogen) atoms. The third-order valence-corrected chi connectivity index (χ3v) is 4.70. The first-order valence-corrected chi connectivity index (χ1v) is 8.69. The van der Waals surface area contributed by atoms with Gasteiger partial charge < -0.3 is 4.90 Å². The van der Waals surface area contributed by atoms with Crippen LogP contribution in [0.3, 0.4) is 0 Å². The summed E-state index contributed by atoms with van der Waals surface area (Å²) in [7, 11) is 1.81. The van der Waals surface area contributed by atoms with Crippen LogP contribution in [0.5, 0.6) is 0 Å². The molecule has 116 valence electrons. The highest BCUT2D eigenvalue weighted by molar-refractivity contribution is 9.10. The standard InChI is InChI=1S/C17H17BrFNOS/c1-20(12-13-2-4-14(18)5-3-13)17(21)10-11-22-16-8-6-15(19)7-9-16/h2-9H,10-12H2,1H3. The maximum atomic E-state index is 12.8. The Labute approximate surface area is 142 Å². The zero-order chi connectivity index (χ0) is 15.9. The van der Waals surface area contributed by atoms with Gasteiger partial charge in [0, 0.05) is 35.1 Å². The predicted molar refractivity (Wildman–Crippen MR) is 92.4 cm³/mol. The quantitative estimate of drug-likeness (QED) is 0.674. The second-order valence-electron chi connectivity index (χ2n) is 4.93. The molecule has 0 heterocycles. The van der Waals surface area contributed by atoms with Crippen LogP contribution in [0.4, 0.5) is 4.39 Å². The fourth-order valence-corrected chi connectivity index (χ4v) is 3.03. The minimum atomic E-state index is -0.241. The summed E-state index contributed by atoms with van der Waals surface area (Å²) < 4.78 is 13.8. The molecule has 0 aromatic heterocycles. The number of nitrogens with zero attached hydrogens (tertiary/aromatic N) is 1. The van der Waals surface area contributed by atoms with Crippen molar-refractivity contribution in [3.63, 3.8) is 0 Å². The molecule has 0 aliphatic carbocycles. The zero-order valence-corrected chi connectivity index (χ0v) is 14.7. The fraction of sp³-hybridized carbons (Fsp3) is 0.235. The molecule has 0 fully saturated rings. The summed E-state index contributed by atoms with van der Waals surface area (Å²) in [5.74, 6) is 0.557. The third-order valence-electron chi connectivity index (χ3n) is 3.16. The summed E-state index contributed by atoms with van der Waals surface area (Å²) in [5, 5.41) is 0. The van der Waals surface area contributed by atoms with Gasteiger partial charge in [0.2, 0.25) is 5.91 Å². The van der Waals surface area contributed by atoms with Crippen LogP contribution in [0, 0.1) is 5.82 Å². The molecule has 0 radical (unpaired) electrons. The van der Waals surface area contributed by atoms with Crippen molar-refractivity contribution in [2.45, 2.75) is 17.9 Å². The summed E-state index contributed by atoms with van der Waals surface area (Å²) in [5.41, 5.74) is 1.10. The van der Waals surface area contributed by atoms with Crippen molar-refractivity contribution in [1.82, 2.24) is 4.90 Å². The van der Waals surface area contributed by atoms with E-state index in [1.807, 2.05) is 31.3 Å². The van der Waals surface area contributed by atoms with Crippen molar-refractivity contribution in [3.8, 4) is 0 Å². The van der Waals surface area contributed by atoms with E-state index in [0.717, 1.165) is 14.9 Å². The number of carbonyl (C=O) groups excluding carboxylic acids is 1. The Morgan fingerprint density at radius 3 is 2.41 bits per heavy atom. The van der Waals surface area contributed by atoms with Crippen molar-refractivity contribution < 1.29 is 9.18 Å². The van der Waals surface area contributed by atoms with Crippen molar-refractivity contribution in [2.75, 3.05) is 12.8 Å². The van der Waals surface area contributed by atoms with Gasteiger partial charge in [0.05, 0.1) is 0 Å². The number of halogens is 2.